The van der Waals surface area contributed by atoms with Crippen molar-refractivity contribution in [1.29, 1.82) is 0 Å². The van der Waals surface area contributed by atoms with Crippen molar-refractivity contribution in [2.24, 2.45) is 5.73 Å². The summed E-state index contributed by atoms with van der Waals surface area (Å²) in [5.41, 5.74) is 5.51. The Bertz CT molecular complexity index is 122. The van der Waals surface area contributed by atoms with Crippen LogP contribution in [0.15, 0.2) is 0 Å². The van der Waals surface area contributed by atoms with Crippen LogP contribution in [0.3, 0.4) is 0 Å². The van der Waals surface area contributed by atoms with E-state index >= 15 is 0 Å². The maximum atomic E-state index is 9.20. The molecule has 3 nitrogen and oxygen atoms in total. The van der Waals surface area contributed by atoms with E-state index in [1.807, 2.05) is 0 Å². The van der Waals surface area contributed by atoms with Gasteiger partial charge in [-0.2, -0.15) is 0 Å². The molecule has 1 rings (SSSR count). The first kappa shape index (κ1) is 11.0. The number of hydrogen-bond acceptors (Lipinski definition) is 3. The molecule has 0 radical (unpaired) electrons. The van der Waals surface area contributed by atoms with Crippen LogP contribution in [0, 0.1) is 0 Å². The van der Waals surface area contributed by atoms with Crippen molar-refractivity contribution in [3.05, 3.63) is 0 Å². The number of nitrogens with two attached hydrogens (primary N) is 1. The summed E-state index contributed by atoms with van der Waals surface area (Å²) in [7, 11) is 0. The lowest BCUT2D eigenvalue weighted by molar-refractivity contribution is 0.121. The Hall–Kier alpha value is -0.120. The minimum Gasteiger partial charge on any atom is -0.395 e. The molecule has 0 spiro atoms. The lowest BCUT2D eigenvalue weighted by atomic mass is 10.2. The van der Waals surface area contributed by atoms with Crippen LogP contribution in [0.1, 0.15) is 32.1 Å². The standard InChI is InChI=1S/C10H22N2O/c11-6-5-10(9-13)12-7-3-1-2-4-8-12/h10,13H,1-9,11H2. The normalized spacial score (nSPS) is 22.6. The van der Waals surface area contributed by atoms with Crippen molar-refractivity contribution in [1.82, 2.24) is 4.90 Å². The Kier molecular flexibility index (Phi) is 5.35. The molecule has 1 unspecified atom stereocenters. The highest BCUT2D eigenvalue weighted by Crippen LogP contribution is 2.13. The van der Waals surface area contributed by atoms with Crippen LogP contribution in [-0.4, -0.2) is 42.3 Å². The van der Waals surface area contributed by atoms with Crippen LogP contribution < -0.4 is 5.73 Å². The van der Waals surface area contributed by atoms with Gasteiger partial charge in [0.1, 0.15) is 0 Å². The third kappa shape index (κ3) is 3.63. The third-order valence-corrected chi connectivity index (χ3v) is 2.87. The van der Waals surface area contributed by atoms with E-state index in [0.717, 1.165) is 19.5 Å². The monoisotopic (exact) mass is 186 g/mol. The van der Waals surface area contributed by atoms with Gasteiger partial charge in [-0.3, -0.25) is 4.90 Å². The molecular formula is C10H22N2O. The molecule has 3 heteroatoms. The molecule has 78 valence electrons. The Morgan fingerprint density at radius 3 is 2.23 bits per heavy atom. The molecule has 0 aromatic rings. The smallest absolute Gasteiger partial charge is 0.0587 e. The fourth-order valence-corrected chi connectivity index (χ4v) is 2.04. The van der Waals surface area contributed by atoms with E-state index < -0.39 is 0 Å². The van der Waals surface area contributed by atoms with Crippen LogP contribution in [0.5, 0.6) is 0 Å². The summed E-state index contributed by atoms with van der Waals surface area (Å²) in [6.07, 6.45) is 6.17. The lowest BCUT2D eigenvalue weighted by Gasteiger charge is -2.28. The molecule has 1 heterocycles. The number of likely N-dealkylation sites (tertiary alicyclic amines) is 1. The van der Waals surface area contributed by atoms with E-state index in [2.05, 4.69) is 4.90 Å². The Labute approximate surface area is 80.9 Å². The number of aliphatic hydroxyl groups is 1. The molecule has 1 aliphatic rings. The van der Waals surface area contributed by atoms with Gasteiger partial charge in [-0.1, -0.05) is 12.8 Å². The molecule has 3 N–H and O–H groups in total. The van der Waals surface area contributed by atoms with Crippen LogP contribution in [0.2, 0.25) is 0 Å². The zero-order valence-corrected chi connectivity index (χ0v) is 8.41. The number of hydrogen-bond donors (Lipinski definition) is 2. The topological polar surface area (TPSA) is 49.5 Å². The fraction of sp³-hybridized carbons (Fsp3) is 1.00. The first-order valence-corrected chi connectivity index (χ1v) is 5.43. The maximum absolute atomic E-state index is 9.20. The van der Waals surface area contributed by atoms with Gasteiger partial charge in [0.05, 0.1) is 6.61 Å². The first-order valence-electron chi connectivity index (χ1n) is 5.43. The average molecular weight is 186 g/mol. The largest absolute Gasteiger partial charge is 0.395 e. The van der Waals surface area contributed by atoms with Gasteiger partial charge in [0.25, 0.3) is 0 Å². The summed E-state index contributed by atoms with van der Waals surface area (Å²) in [4.78, 5) is 2.40. The van der Waals surface area contributed by atoms with Gasteiger partial charge in [-0.15, -0.1) is 0 Å². The minimum absolute atomic E-state index is 0.261. The van der Waals surface area contributed by atoms with Crippen molar-refractivity contribution in [3.63, 3.8) is 0 Å². The van der Waals surface area contributed by atoms with Crippen molar-refractivity contribution >= 4 is 0 Å². The average Bonchev–Trinajstić information content (AvgIpc) is 2.42. The van der Waals surface area contributed by atoms with Gasteiger partial charge in [0.15, 0.2) is 0 Å². The van der Waals surface area contributed by atoms with Crippen molar-refractivity contribution in [3.8, 4) is 0 Å². The highest BCUT2D eigenvalue weighted by molar-refractivity contribution is 4.73. The molecule has 0 amide bonds. The summed E-state index contributed by atoms with van der Waals surface area (Å²) in [6, 6.07) is 0.308. The van der Waals surface area contributed by atoms with Gasteiger partial charge >= 0.3 is 0 Å². The van der Waals surface area contributed by atoms with Crippen molar-refractivity contribution < 1.29 is 5.11 Å². The molecule has 1 aliphatic heterocycles. The van der Waals surface area contributed by atoms with Gasteiger partial charge in [-0.25, -0.2) is 0 Å². The summed E-state index contributed by atoms with van der Waals surface area (Å²) in [5, 5.41) is 9.20. The van der Waals surface area contributed by atoms with E-state index in [4.69, 9.17) is 5.73 Å². The Balaban J connectivity index is 2.35. The summed E-state index contributed by atoms with van der Waals surface area (Å²) in [5.74, 6) is 0. The molecule has 1 atom stereocenters. The highest BCUT2D eigenvalue weighted by Gasteiger charge is 2.17. The van der Waals surface area contributed by atoms with Crippen molar-refractivity contribution in [2.45, 2.75) is 38.1 Å². The predicted octanol–water partition coefficient (Wildman–Crippen LogP) is 0.572. The number of rotatable bonds is 4. The summed E-state index contributed by atoms with van der Waals surface area (Å²) in [6.45, 7) is 3.23. The molecule has 0 aromatic heterocycles. The summed E-state index contributed by atoms with van der Waals surface area (Å²) < 4.78 is 0. The second-order valence-corrected chi connectivity index (χ2v) is 3.86. The Morgan fingerprint density at radius 2 is 1.77 bits per heavy atom. The molecule has 0 aromatic carbocycles. The predicted molar refractivity (Wildman–Crippen MR) is 54.6 cm³/mol. The summed E-state index contributed by atoms with van der Waals surface area (Å²) >= 11 is 0. The molecular weight excluding hydrogens is 164 g/mol. The van der Waals surface area contributed by atoms with Gasteiger partial charge in [0, 0.05) is 6.04 Å². The van der Waals surface area contributed by atoms with Gasteiger partial charge in [0.2, 0.25) is 0 Å². The lowest BCUT2D eigenvalue weighted by Crippen LogP contribution is -2.39. The van der Waals surface area contributed by atoms with Crippen LogP contribution in [-0.2, 0) is 0 Å². The third-order valence-electron chi connectivity index (χ3n) is 2.87. The van der Waals surface area contributed by atoms with Gasteiger partial charge in [-0.05, 0) is 38.9 Å². The highest BCUT2D eigenvalue weighted by atomic mass is 16.3. The van der Waals surface area contributed by atoms with E-state index in [-0.39, 0.29) is 6.61 Å². The maximum Gasteiger partial charge on any atom is 0.0587 e. The van der Waals surface area contributed by atoms with E-state index in [1.165, 1.54) is 25.7 Å². The second-order valence-electron chi connectivity index (χ2n) is 3.86. The van der Waals surface area contributed by atoms with Crippen LogP contribution >= 0.6 is 0 Å². The second kappa shape index (κ2) is 6.35. The van der Waals surface area contributed by atoms with Crippen LogP contribution in [0.25, 0.3) is 0 Å². The number of nitrogens with zero attached hydrogens (tertiary/aromatic N) is 1. The first-order chi connectivity index (χ1) is 6.38. The molecule has 0 aliphatic carbocycles. The molecule has 0 bridgehead atoms. The quantitative estimate of drug-likeness (QED) is 0.675. The van der Waals surface area contributed by atoms with E-state index in [1.54, 1.807) is 0 Å². The molecule has 1 fully saturated rings. The zero-order chi connectivity index (χ0) is 9.52. The van der Waals surface area contributed by atoms with Crippen LogP contribution in [0.4, 0.5) is 0 Å². The van der Waals surface area contributed by atoms with E-state index in [9.17, 15) is 5.11 Å². The zero-order valence-electron chi connectivity index (χ0n) is 8.41. The van der Waals surface area contributed by atoms with Crippen molar-refractivity contribution in [2.75, 3.05) is 26.2 Å². The van der Waals surface area contributed by atoms with E-state index in [0.29, 0.717) is 12.6 Å². The molecule has 1 saturated heterocycles. The fourth-order valence-electron chi connectivity index (χ4n) is 2.04. The SMILES string of the molecule is NCCC(CO)N1CCCCCC1. The van der Waals surface area contributed by atoms with Gasteiger partial charge < -0.3 is 10.8 Å². The molecule has 13 heavy (non-hydrogen) atoms. The Morgan fingerprint density at radius 1 is 1.15 bits per heavy atom. The molecule has 0 saturated carbocycles. The number of aliphatic hydroxyl groups excluding tert-OH is 1. The minimum atomic E-state index is 0.261.